The van der Waals surface area contributed by atoms with Crippen LogP contribution in [0.5, 0.6) is 6.01 Å². The zero-order valence-electron chi connectivity index (χ0n) is 20.7. The van der Waals surface area contributed by atoms with Crippen LogP contribution in [0.3, 0.4) is 0 Å². The molecule has 0 saturated carbocycles. The first-order valence-corrected chi connectivity index (χ1v) is 12.8. The number of rotatable bonds is 6. The van der Waals surface area contributed by atoms with Crippen LogP contribution < -0.4 is 14.5 Å². The number of likely N-dealkylation sites (N-methyl/N-ethyl adjacent to an activating group) is 1. The number of anilines is 2. The zero-order valence-corrected chi connectivity index (χ0v) is 21.4. The molecule has 0 fully saturated rings. The van der Waals surface area contributed by atoms with Crippen molar-refractivity contribution in [2.45, 2.75) is 26.1 Å². The number of hydrogen-bond acceptors (Lipinski definition) is 7. The molecular weight excluding hydrogens is 474 g/mol. The van der Waals surface area contributed by atoms with Crippen molar-refractivity contribution in [2.24, 2.45) is 0 Å². The Balaban J connectivity index is 1.36. The molecule has 2 aromatic heterocycles. The van der Waals surface area contributed by atoms with E-state index in [0.717, 1.165) is 72.1 Å². The fraction of sp³-hybridized carbons (Fsp3) is 0.370. The maximum absolute atomic E-state index is 6.66. The van der Waals surface area contributed by atoms with Crippen LogP contribution in [0.25, 0.3) is 10.8 Å². The molecule has 0 spiro atoms. The van der Waals surface area contributed by atoms with Gasteiger partial charge < -0.3 is 24.0 Å². The highest BCUT2D eigenvalue weighted by Gasteiger charge is 2.28. The molecule has 4 aromatic rings. The van der Waals surface area contributed by atoms with E-state index in [-0.39, 0.29) is 0 Å². The highest BCUT2D eigenvalue weighted by molar-refractivity contribution is 6.36. The molecule has 186 valence electrons. The highest BCUT2D eigenvalue weighted by atomic mass is 35.5. The van der Waals surface area contributed by atoms with Gasteiger partial charge in [0.15, 0.2) is 0 Å². The fourth-order valence-corrected chi connectivity index (χ4v) is 5.42. The molecule has 0 unspecified atom stereocenters. The van der Waals surface area contributed by atoms with Gasteiger partial charge in [0.1, 0.15) is 12.4 Å². The molecule has 4 heterocycles. The second-order valence-corrected chi connectivity index (χ2v) is 10.1. The number of halogens is 1. The average Bonchev–Trinajstić information content (AvgIpc) is 3.35. The number of fused-ring (bicyclic) bond motifs is 3. The summed E-state index contributed by atoms with van der Waals surface area (Å²) in [5.74, 6) is 0.989. The summed E-state index contributed by atoms with van der Waals surface area (Å²) < 4.78 is 8.26. The van der Waals surface area contributed by atoms with E-state index >= 15 is 0 Å². The Hall–Kier alpha value is -3.36. The molecular formula is C27H30ClN7O. The van der Waals surface area contributed by atoms with E-state index in [1.807, 2.05) is 38.8 Å². The molecule has 8 nitrogen and oxygen atoms in total. The molecule has 0 bridgehead atoms. The van der Waals surface area contributed by atoms with Crippen molar-refractivity contribution in [3.63, 3.8) is 0 Å². The summed E-state index contributed by atoms with van der Waals surface area (Å²) in [6.07, 6.45) is 4.71. The largest absolute Gasteiger partial charge is 0.462 e. The zero-order chi connectivity index (χ0) is 24.6. The predicted octanol–water partition coefficient (Wildman–Crippen LogP) is 4.00. The van der Waals surface area contributed by atoms with Crippen molar-refractivity contribution in [1.29, 1.82) is 0 Å². The maximum Gasteiger partial charge on any atom is 0.318 e. The first-order chi connectivity index (χ1) is 17.6. The van der Waals surface area contributed by atoms with Crippen LogP contribution in [-0.2, 0) is 26.1 Å². The topological polar surface area (TPSA) is 62.6 Å². The average molecular weight is 504 g/mol. The molecule has 0 amide bonds. The summed E-state index contributed by atoms with van der Waals surface area (Å²) in [6.45, 7) is 5.46. The molecule has 0 saturated heterocycles. The monoisotopic (exact) mass is 503 g/mol. The minimum Gasteiger partial charge on any atom is -0.462 e. The predicted molar refractivity (Wildman–Crippen MR) is 143 cm³/mol. The Kier molecular flexibility index (Phi) is 6.15. The smallest absolute Gasteiger partial charge is 0.318 e. The number of nitrogens with zero attached hydrogens (tertiary/aromatic N) is 7. The maximum atomic E-state index is 6.66. The van der Waals surface area contributed by atoms with Gasteiger partial charge in [-0.2, -0.15) is 9.97 Å². The second kappa shape index (κ2) is 9.59. The summed E-state index contributed by atoms with van der Waals surface area (Å²) >= 11 is 6.66. The van der Waals surface area contributed by atoms with Crippen molar-refractivity contribution in [1.82, 2.24) is 24.4 Å². The van der Waals surface area contributed by atoms with Crippen LogP contribution in [0, 0.1) is 0 Å². The van der Waals surface area contributed by atoms with Gasteiger partial charge in [-0.15, -0.1) is 0 Å². The number of hydrogen-bond donors (Lipinski definition) is 0. The lowest BCUT2D eigenvalue weighted by Gasteiger charge is -2.35. The van der Waals surface area contributed by atoms with E-state index in [9.17, 15) is 0 Å². The normalized spacial score (nSPS) is 15.3. The van der Waals surface area contributed by atoms with Crippen molar-refractivity contribution in [3.05, 3.63) is 70.9 Å². The number of imidazole rings is 1. The minimum atomic E-state index is 0.447. The summed E-state index contributed by atoms with van der Waals surface area (Å²) in [5, 5.41) is 3.01. The molecule has 0 radical (unpaired) electrons. The van der Waals surface area contributed by atoms with Crippen LogP contribution in [0.1, 0.15) is 17.0 Å². The molecule has 36 heavy (non-hydrogen) atoms. The van der Waals surface area contributed by atoms with Gasteiger partial charge in [0, 0.05) is 49.0 Å². The molecule has 2 aromatic carbocycles. The lowest BCUT2D eigenvalue weighted by atomic mass is 10.0. The first-order valence-electron chi connectivity index (χ1n) is 12.4. The Bertz CT molecular complexity index is 1400. The number of aromatic nitrogens is 4. The summed E-state index contributed by atoms with van der Waals surface area (Å²) in [7, 11) is 4.07. The Morgan fingerprint density at radius 3 is 2.72 bits per heavy atom. The number of benzene rings is 2. The summed E-state index contributed by atoms with van der Waals surface area (Å²) in [5.41, 5.74) is 4.58. The van der Waals surface area contributed by atoms with E-state index in [1.165, 1.54) is 11.3 Å². The summed E-state index contributed by atoms with van der Waals surface area (Å²) in [6, 6.07) is 12.9. The minimum absolute atomic E-state index is 0.447. The van der Waals surface area contributed by atoms with Gasteiger partial charge in [-0.1, -0.05) is 35.9 Å². The van der Waals surface area contributed by atoms with Gasteiger partial charge in [-0.05, 0) is 38.0 Å². The van der Waals surface area contributed by atoms with E-state index in [2.05, 4.69) is 48.5 Å². The van der Waals surface area contributed by atoms with Crippen LogP contribution in [0.15, 0.2) is 48.9 Å². The van der Waals surface area contributed by atoms with Crippen LogP contribution >= 0.6 is 11.6 Å². The van der Waals surface area contributed by atoms with Crippen molar-refractivity contribution < 1.29 is 4.74 Å². The van der Waals surface area contributed by atoms with Crippen molar-refractivity contribution in [3.8, 4) is 6.01 Å². The van der Waals surface area contributed by atoms with E-state index < -0.39 is 0 Å². The third-order valence-electron chi connectivity index (χ3n) is 7.03. The molecule has 2 aliphatic heterocycles. The molecule has 0 aliphatic carbocycles. The van der Waals surface area contributed by atoms with Gasteiger partial charge in [0.05, 0.1) is 35.8 Å². The van der Waals surface area contributed by atoms with Gasteiger partial charge in [0.25, 0.3) is 0 Å². The molecule has 0 atom stereocenters. The SMILES string of the molecule is CN(C)CCOc1nc2c(c(N3CCn4cncc4C3)n1)CCN(c1cccc3cccc(Cl)c13)C2. The molecule has 9 heteroatoms. The van der Waals surface area contributed by atoms with Crippen LogP contribution in [0.4, 0.5) is 11.5 Å². The third kappa shape index (κ3) is 4.35. The van der Waals surface area contributed by atoms with Gasteiger partial charge >= 0.3 is 6.01 Å². The highest BCUT2D eigenvalue weighted by Crippen LogP contribution is 2.37. The van der Waals surface area contributed by atoms with E-state index in [0.29, 0.717) is 19.2 Å². The molecule has 6 rings (SSSR count). The molecule has 0 N–H and O–H groups in total. The second-order valence-electron chi connectivity index (χ2n) is 9.69. The number of ether oxygens (including phenoxy) is 1. The van der Waals surface area contributed by atoms with Crippen molar-refractivity contribution in [2.75, 3.05) is 50.1 Å². The van der Waals surface area contributed by atoms with Crippen molar-refractivity contribution >= 4 is 33.9 Å². The van der Waals surface area contributed by atoms with E-state index in [4.69, 9.17) is 26.3 Å². The first kappa shape index (κ1) is 23.1. The lowest BCUT2D eigenvalue weighted by molar-refractivity contribution is 0.244. The Morgan fingerprint density at radius 2 is 1.86 bits per heavy atom. The quantitative estimate of drug-likeness (QED) is 0.394. The van der Waals surface area contributed by atoms with Crippen LogP contribution in [-0.4, -0.2) is 64.8 Å². The molecule has 2 aliphatic rings. The third-order valence-corrected chi connectivity index (χ3v) is 7.34. The van der Waals surface area contributed by atoms with Gasteiger partial charge in [-0.3, -0.25) is 0 Å². The van der Waals surface area contributed by atoms with Gasteiger partial charge in [-0.25, -0.2) is 4.98 Å². The Morgan fingerprint density at radius 1 is 1.00 bits per heavy atom. The lowest BCUT2D eigenvalue weighted by Crippen LogP contribution is -2.37. The standard InChI is InChI=1S/C27H30ClN7O/c1-32(2)13-14-36-27-30-23-17-33(24-8-4-6-19-5-3-7-22(28)25(19)24)10-9-21(23)26(31-27)34-11-12-35-18-29-15-20(35)16-34/h3-8,15,18H,9-14,16-17H2,1-2H3. The fourth-order valence-electron chi connectivity index (χ4n) is 5.14. The van der Waals surface area contributed by atoms with Gasteiger partial charge in [0.2, 0.25) is 0 Å². The van der Waals surface area contributed by atoms with E-state index in [1.54, 1.807) is 0 Å². The summed E-state index contributed by atoms with van der Waals surface area (Å²) in [4.78, 5) is 21.0. The Labute approximate surface area is 216 Å². The van der Waals surface area contributed by atoms with Crippen LogP contribution in [0.2, 0.25) is 5.02 Å².